The number of halogens is 5. The number of nitrogens with zero attached hydrogens (tertiary/aromatic N) is 1. The Bertz CT molecular complexity index is 488. The van der Waals surface area contributed by atoms with E-state index in [1.807, 2.05) is 0 Å². The van der Waals surface area contributed by atoms with Crippen LogP contribution in [0.2, 0.25) is 0 Å². The standard InChI is InChI=1S/C13H16F3N3O.2ClH/c14-13(15,16)9-3-4-10(18-7-9)11(20)19-12(8-17)5-1-2-6-12;;/h3-4,7H,1-2,5-6,8,17H2,(H,19,20);2*1H. The second-order valence-corrected chi connectivity index (χ2v) is 5.08. The van der Waals surface area contributed by atoms with Crippen molar-refractivity contribution >= 4 is 30.7 Å². The van der Waals surface area contributed by atoms with Crippen molar-refractivity contribution in [1.82, 2.24) is 10.3 Å². The van der Waals surface area contributed by atoms with E-state index < -0.39 is 23.2 Å². The second-order valence-electron chi connectivity index (χ2n) is 5.08. The van der Waals surface area contributed by atoms with Gasteiger partial charge in [0.15, 0.2) is 0 Å². The van der Waals surface area contributed by atoms with Gasteiger partial charge in [-0.2, -0.15) is 13.2 Å². The Balaban J connectivity index is 0.00000220. The van der Waals surface area contributed by atoms with Crippen LogP contribution in [0.5, 0.6) is 0 Å². The van der Waals surface area contributed by atoms with Gasteiger partial charge in [0.05, 0.1) is 11.1 Å². The third-order valence-corrected chi connectivity index (χ3v) is 3.65. The number of carbonyl (C=O) groups is 1. The number of hydrogen-bond donors (Lipinski definition) is 2. The molecule has 2 rings (SSSR count). The zero-order chi connectivity index (χ0) is 14.8. The van der Waals surface area contributed by atoms with Crippen LogP contribution in [0.15, 0.2) is 18.3 Å². The van der Waals surface area contributed by atoms with E-state index in [0.717, 1.165) is 37.8 Å². The SMILES string of the molecule is Cl.Cl.NCC1(NC(=O)c2ccc(C(F)(F)F)cn2)CCCC1. The molecule has 1 aromatic rings. The van der Waals surface area contributed by atoms with E-state index in [2.05, 4.69) is 10.3 Å². The lowest BCUT2D eigenvalue weighted by atomic mass is 9.97. The highest BCUT2D eigenvalue weighted by molar-refractivity contribution is 5.92. The zero-order valence-corrected chi connectivity index (χ0v) is 13.3. The van der Waals surface area contributed by atoms with Gasteiger partial charge < -0.3 is 11.1 Å². The summed E-state index contributed by atoms with van der Waals surface area (Å²) in [6, 6.07) is 1.93. The molecule has 0 aliphatic heterocycles. The van der Waals surface area contributed by atoms with Crippen LogP contribution in [0.1, 0.15) is 41.7 Å². The van der Waals surface area contributed by atoms with Crippen LogP contribution >= 0.6 is 24.8 Å². The van der Waals surface area contributed by atoms with Gasteiger partial charge in [-0.25, -0.2) is 0 Å². The van der Waals surface area contributed by atoms with Crippen LogP contribution in [0.4, 0.5) is 13.2 Å². The summed E-state index contributed by atoms with van der Waals surface area (Å²) in [5.41, 5.74) is 4.35. The number of nitrogens with one attached hydrogen (secondary N) is 1. The molecule has 0 saturated heterocycles. The lowest BCUT2D eigenvalue weighted by Gasteiger charge is -2.28. The lowest BCUT2D eigenvalue weighted by Crippen LogP contribution is -2.51. The number of rotatable bonds is 3. The number of carbonyl (C=O) groups excluding carboxylic acids is 1. The molecule has 0 bridgehead atoms. The molecule has 1 saturated carbocycles. The van der Waals surface area contributed by atoms with Gasteiger partial charge in [-0.15, -0.1) is 24.8 Å². The summed E-state index contributed by atoms with van der Waals surface area (Å²) in [7, 11) is 0. The fourth-order valence-electron chi connectivity index (χ4n) is 2.43. The van der Waals surface area contributed by atoms with Gasteiger partial charge in [-0.05, 0) is 25.0 Å². The first-order valence-electron chi connectivity index (χ1n) is 6.42. The Hall–Kier alpha value is -1.05. The van der Waals surface area contributed by atoms with E-state index in [4.69, 9.17) is 5.73 Å². The normalized spacial score (nSPS) is 16.4. The van der Waals surface area contributed by atoms with E-state index >= 15 is 0 Å². The maximum atomic E-state index is 12.4. The number of amides is 1. The van der Waals surface area contributed by atoms with Crippen molar-refractivity contribution in [2.24, 2.45) is 5.73 Å². The molecular formula is C13H18Cl2F3N3O. The smallest absolute Gasteiger partial charge is 0.344 e. The average molecular weight is 360 g/mol. The third-order valence-electron chi connectivity index (χ3n) is 3.65. The molecule has 1 heterocycles. The number of aromatic nitrogens is 1. The maximum absolute atomic E-state index is 12.4. The van der Waals surface area contributed by atoms with Crippen LogP contribution in [0.25, 0.3) is 0 Å². The summed E-state index contributed by atoms with van der Waals surface area (Å²) in [5, 5.41) is 2.81. The molecule has 1 amide bonds. The Kier molecular flexibility index (Phi) is 7.61. The fraction of sp³-hybridized carbons (Fsp3) is 0.538. The zero-order valence-electron chi connectivity index (χ0n) is 11.7. The summed E-state index contributed by atoms with van der Waals surface area (Å²) in [4.78, 5) is 15.6. The molecule has 4 nitrogen and oxygen atoms in total. The molecule has 9 heteroatoms. The molecule has 3 N–H and O–H groups in total. The van der Waals surface area contributed by atoms with Gasteiger partial charge in [-0.1, -0.05) is 12.8 Å². The first kappa shape index (κ1) is 20.9. The van der Waals surface area contributed by atoms with Crippen LogP contribution < -0.4 is 11.1 Å². The van der Waals surface area contributed by atoms with Crippen molar-refractivity contribution in [3.63, 3.8) is 0 Å². The van der Waals surface area contributed by atoms with Crippen molar-refractivity contribution in [1.29, 1.82) is 0 Å². The Labute approximate surface area is 138 Å². The van der Waals surface area contributed by atoms with E-state index in [1.165, 1.54) is 0 Å². The van der Waals surface area contributed by atoms with Crippen LogP contribution in [-0.2, 0) is 6.18 Å². The van der Waals surface area contributed by atoms with E-state index in [1.54, 1.807) is 0 Å². The summed E-state index contributed by atoms with van der Waals surface area (Å²) in [5.74, 6) is -0.480. The summed E-state index contributed by atoms with van der Waals surface area (Å²) in [6.45, 7) is 0.319. The lowest BCUT2D eigenvalue weighted by molar-refractivity contribution is -0.137. The summed E-state index contributed by atoms with van der Waals surface area (Å²) >= 11 is 0. The quantitative estimate of drug-likeness (QED) is 0.871. The van der Waals surface area contributed by atoms with Gasteiger partial charge in [0, 0.05) is 12.7 Å². The molecule has 1 aliphatic rings. The second kappa shape index (κ2) is 7.99. The van der Waals surface area contributed by atoms with Crippen LogP contribution in [-0.4, -0.2) is 23.0 Å². The van der Waals surface area contributed by atoms with E-state index in [9.17, 15) is 18.0 Å². The predicted octanol–water partition coefficient (Wildman–Crippen LogP) is 2.95. The minimum absolute atomic E-state index is 0. The monoisotopic (exact) mass is 359 g/mol. The molecule has 0 atom stereocenters. The molecule has 1 aromatic heterocycles. The molecule has 0 spiro atoms. The van der Waals surface area contributed by atoms with Crippen LogP contribution in [0.3, 0.4) is 0 Å². The number of hydrogen-bond acceptors (Lipinski definition) is 3. The van der Waals surface area contributed by atoms with Gasteiger partial charge in [0.2, 0.25) is 0 Å². The molecule has 1 aliphatic carbocycles. The van der Waals surface area contributed by atoms with Crippen LogP contribution in [0, 0.1) is 0 Å². The Morgan fingerprint density at radius 2 is 1.86 bits per heavy atom. The van der Waals surface area contributed by atoms with Gasteiger partial charge in [-0.3, -0.25) is 9.78 Å². The topological polar surface area (TPSA) is 68.0 Å². The predicted molar refractivity (Wildman–Crippen MR) is 81.5 cm³/mol. The van der Waals surface area contributed by atoms with Crippen molar-refractivity contribution in [3.8, 4) is 0 Å². The third kappa shape index (κ3) is 4.72. The van der Waals surface area contributed by atoms with Crippen molar-refractivity contribution in [3.05, 3.63) is 29.6 Å². The molecule has 0 radical (unpaired) electrons. The number of alkyl halides is 3. The molecule has 0 unspecified atom stereocenters. The highest BCUT2D eigenvalue weighted by Gasteiger charge is 2.35. The molecule has 1 fully saturated rings. The number of pyridine rings is 1. The Morgan fingerprint density at radius 3 is 2.27 bits per heavy atom. The molecule has 22 heavy (non-hydrogen) atoms. The number of nitrogens with two attached hydrogens (primary N) is 1. The minimum atomic E-state index is -4.45. The van der Waals surface area contributed by atoms with E-state index in [0.29, 0.717) is 12.7 Å². The largest absolute Gasteiger partial charge is 0.417 e. The first-order valence-corrected chi connectivity index (χ1v) is 6.42. The summed E-state index contributed by atoms with van der Waals surface area (Å²) in [6.07, 6.45) is -0.244. The van der Waals surface area contributed by atoms with E-state index in [-0.39, 0.29) is 30.5 Å². The van der Waals surface area contributed by atoms with Gasteiger partial charge >= 0.3 is 6.18 Å². The highest BCUT2D eigenvalue weighted by Crippen LogP contribution is 2.30. The van der Waals surface area contributed by atoms with Crippen molar-refractivity contribution < 1.29 is 18.0 Å². The highest BCUT2D eigenvalue weighted by atomic mass is 35.5. The fourth-order valence-corrected chi connectivity index (χ4v) is 2.43. The maximum Gasteiger partial charge on any atom is 0.417 e. The Morgan fingerprint density at radius 1 is 1.27 bits per heavy atom. The molecule has 0 aromatic carbocycles. The molecular weight excluding hydrogens is 342 g/mol. The van der Waals surface area contributed by atoms with Crippen molar-refractivity contribution in [2.75, 3.05) is 6.54 Å². The summed E-state index contributed by atoms with van der Waals surface area (Å²) < 4.78 is 37.2. The minimum Gasteiger partial charge on any atom is -0.344 e. The van der Waals surface area contributed by atoms with Gasteiger partial charge in [0.25, 0.3) is 5.91 Å². The molecule has 126 valence electrons. The van der Waals surface area contributed by atoms with Crippen molar-refractivity contribution in [2.45, 2.75) is 37.4 Å². The first-order chi connectivity index (χ1) is 9.36. The van der Waals surface area contributed by atoms with Gasteiger partial charge in [0.1, 0.15) is 5.69 Å². The average Bonchev–Trinajstić information content (AvgIpc) is 2.87.